The summed E-state index contributed by atoms with van der Waals surface area (Å²) in [6, 6.07) is 0. The number of carboxylic acid groups (broad SMARTS) is 1. The van der Waals surface area contributed by atoms with Crippen LogP contribution in [0.3, 0.4) is 0 Å². The number of ether oxygens (including phenoxy) is 1. The first-order chi connectivity index (χ1) is 9.58. The molecule has 8 nitrogen and oxygen atoms in total. The molecule has 1 unspecified atom stereocenters. The fraction of sp³-hybridized carbons (Fsp3) is 0.667. The quantitative estimate of drug-likeness (QED) is 0.790. The molecule has 0 bridgehead atoms. The van der Waals surface area contributed by atoms with E-state index in [0.717, 1.165) is 18.7 Å². The van der Waals surface area contributed by atoms with Crippen molar-refractivity contribution in [2.24, 2.45) is 7.05 Å². The number of aryl methyl sites for hydroxylation is 1. The Labute approximate surface area is 116 Å². The number of hydrogen-bond acceptors (Lipinski definition) is 5. The summed E-state index contributed by atoms with van der Waals surface area (Å²) >= 11 is 0. The van der Waals surface area contributed by atoms with Gasteiger partial charge in [0.25, 0.3) is 0 Å². The number of likely N-dealkylation sites (tertiary alicyclic amines) is 1. The highest BCUT2D eigenvalue weighted by Crippen LogP contribution is 2.24. The van der Waals surface area contributed by atoms with Gasteiger partial charge in [-0.15, -0.1) is 10.2 Å². The monoisotopic (exact) mass is 282 g/mol. The third-order valence-electron chi connectivity index (χ3n) is 3.34. The van der Waals surface area contributed by atoms with Crippen molar-refractivity contribution < 1.29 is 19.4 Å². The molecule has 0 radical (unpaired) electrons. The summed E-state index contributed by atoms with van der Waals surface area (Å²) in [6.07, 6.45) is 3.50. The van der Waals surface area contributed by atoms with E-state index in [1.807, 2.05) is 11.6 Å². The fourth-order valence-electron chi connectivity index (χ4n) is 2.39. The molecule has 1 aromatic heterocycles. The normalized spacial score (nSPS) is 19.1. The third-order valence-corrected chi connectivity index (χ3v) is 3.34. The first kappa shape index (κ1) is 14.4. The fourth-order valence-corrected chi connectivity index (χ4v) is 2.39. The lowest BCUT2D eigenvalue weighted by Crippen LogP contribution is -2.41. The first-order valence-electron chi connectivity index (χ1n) is 6.49. The number of aromatic nitrogens is 3. The molecular formula is C12H18N4O4. The maximum absolute atomic E-state index is 11.9. The van der Waals surface area contributed by atoms with Crippen molar-refractivity contribution >= 4 is 11.9 Å². The average Bonchev–Trinajstić information content (AvgIpc) is 2.84. The van der Waals surface area contributed by atoms with Gasteiger partial charge >= 0.3 is 5.97 Å². The molecule has 1 aliphatic rings. The van der Waals surface area contributed by atoms with Crippen LogP contribution in [0.25, 0.3) is 0 Å². The number of hydrogen-bond donors (Lipinski definition) is 1. The second-order valence-electron chi connectivity index (χ2n) is 4.87. The molecule has 8 heteroatoms. The highest BCUT2D eigenvalue weighted by Gasteiger charge is 2.27. The van der Waals surface area contributed by atoms with Gasteiger partial charge in [0.05, 0.1) is 0 Å². The summed E-state index contributed by atoms with van der Waals surface area (Å²) in [5.74, 6) is -0.222. The third kappa shape index (κ3) is 3.53. The molecule has 1 fully saturated rings. The Kier molecular flexibility index (Phi) is 4.67. The summed E-state index contributed by atoms with van der Waals surface area (Å²) in [5.41, 5.74) is 0. The molecule has 20 heavy (non-hydrogen) atoms. The van der Waals surface area contributed by atoms with Crippen LogP contribution in [0.4, 0.5) is 0 Å². The lowest BCUT2D eigenvalue weighted by atomic mass is 9.97. The molecule has 2 rings (SSSR count). The number of aliphatic carboxylic acids is 1. The minimum atomic E-state index is -1.08. The molecule has 1 aliphatic heterocycles. The molecule has 1 saturated heterocycles. The van der Waals surface area contributed by atoms with Crippen LogP contribution in [0.15, 0.2) is 6.33 Å². The summed E-state index contributed by atoms with van der Waals surface area (Å²) < 4.78 is 6.70. The molecule has 0 aromatic carbocycles. The van der Waals surface area contributed by atoms with E-state index in [2.05, 4.69) is 10.2 Å². The van der Waals surface area contributed by atoms with Crippen molar-refractivity contribution in [1.82, 2.24) is 19.7 Å². The summed E-state index contributed by atoms with van der Waals surface area (Å²) in [4.78, 5) is 24.0. The SMILES string of the molecule is Cn1cnnc1C1CCCN(C(=O)COCC(=O)O)C1. The van der Waals surface area contributed by atoms with Crippen molar-refractivity contribution in [2.75, 3.05) is 26.3 Å². The summed E-state index contributed by atoms with van der Waals surface area (Å²) in [5, 5.41) is 16.4. The van der Waals surface area contributed by atoms with Crippen LogP contribution in [-0.2, 0) is 21.4 Å². The van der Waals surface area contributed by atoms with E-state index in [-0.39, 0.29) is 18.4 Å². The minimum absolute atomic E-state index is 0.166. The zero-order chi connectivity index (χ0) is 14.5. The summed E-state index contributed by atoms with van der Waals surface area (Å²) in [7, 11) is 1.88. The van der Waals surface area contributed by atoms with Gasteiger partial charge in [-0.3, -0.25) is 4.79 Å². The van der Waals surface area contributed by atoms with Crippen molar-refractivity contribution in [3.63, 3.8) is 0 Å². The van der Waals surface area contributed by atoms with Gasteiger partial charge in [-0.25, -0.2) is 4.79 Å². The van der Waals surface area contributed by atoms with Crippen LogP contribution in [0.1, 0.15) is 24.6 Å². The highest BCUT2D eigenvalue weighted by atomic mass is 16.5. The second-order valence-corrected chi connectivity index (χ2v) is 4.87. The highest BCUT2D eigenvalue weighted by molar-refractivity contribution is 5.78. The van der Waals surface area contributed by atoms with Crippen LogP contribution in [0.2, 0.25) is 0 Å². The van der Waals surface area contributed by atoms with E-state index in [4.69, 9.17) is 9.84 Å². The first-order valence-corrected chi connectivity index (χ1v) is 6.49. The van der Waals surface area contributed by atoms with Crippen molar-refractivity contribution in [1.29, 1.82) is 0 Å². The van der Waals surface area contributed by atoms with Crippen LogP contribution < -0.4 is 0 Å². The van der Waals surface area contributed by atoms with Crippen LogP contribution in [0.5, 0.6) is 0 Å². The average molecular weight is 282 g/mol. The van der Waals surface area contributed by atoms with Crippen LogP contribution in [-0.4, -0.2) is 63.0 Å². The Hall–Kier alpha value is -1.96. The van der Waals surface area contributed by atoms with Gasteiger partial charge in [0.15, 0.2) is 0 Å². The number of carbonyl (C=O) groups excluding carboxylic acids is 1. The maximum Gasteiger partial charge on any atom is 0.329 e. The number of carboxylic acids is 1. The predicted molar refractivity (Wildman–Crippen MR) is 68.0 cm³/mol. The Morgan fingerprint density at radius 1 is 1.50 bits per heavy atom. The minimum Gasteiger partial charge on any atom is -0.480 e. The maximum atomic E-state index is 11.9. The predicted octanol–water partition coefficient (Wildman–Crippen LogP) is -0.378. The number of carbonyl (C=O) groups is 2. The van der Waals surface area contributed by atoms with Crippen LogP contribution >= 0.6 is 0 Å². The topological polar surface area (TPSA) is 97.5 Å². The molecule has 1 aromatic rings. The lowest BCUT2D eigenvalue weighted by Gasteiger charge is -2.32. The van der Waals surface area contributed by atoms with Gasteiger partial charge in [-0.05, 0) is 12.8 Å². The molecule has 1 atom stereocenters. The lowest BCUT2D eigenvalue weighted by molar-refractivity contribution is -0.146. The van der Waals surface area contributed by atoms with Gasteiger partial charge in [-0.2, -0.15) is 0 Å². The molecular weight excluding hydrogens is 264 g/mol. The molecule has 2 heterocycles. The van der Waals surface area contributed by atoms with Gasteiger partial charge in [0.2, 0.25) is 5.91 Å². The van der Waals surface area contributed by atoms with E-state index in [1.54, 1.807) is 11.2 Å². The smallest absolute Gasteiger partial charge is 0.329 e. The molecule has 1 amide bonds. The Morgan fingerprint density at radius 3 is 2.95 bits per heavy atom. The Balaban J connectivity index is 1.88. The molecule has 0 saturated carbocycles. The number of piperidine rings is 1. The standard InChI is InChI=1S/C12H18N4O4/c1-15-8-13-14-12(15)9-3-2-4-16(5-9)10(17)6-20-7-11(18)19/h8-9H,2-7H2,1H3,(H,18,19). The molecule has 0 spiro atoms. The largest absolute Gasteiger partial charge is 0.480 e. The summed E-state index contributed by atoms with van der Waals surface area (Å²) in [6.45, 7) is 0.593. The van der Waals surface area contributed by atoms with Gasteiger partial charge in [-0.1, -0.05) is 0 Å². The Morgan fingerprint density at radius 2 is 2.30 bits per heavy atom. The van der Waals surface area contributed by atoms with Crippen molar-refractivity contribution in [3.8, 4) is 0 Å². The van der Waals surface area contributed by atoms with Crippen molar-refractivity contribution in [3.05, 3.63) is 12.2 Å². The number of rotatable bonds is 5. The molecule has 0 aliphatic carbocycles. The van der Waals surface area contributed by atoms with E-state index in [0.29, 0.717) is 13.1 Å². The molecule has 110 valence electrons. The van der Waals surface area contributed by atoms with Gasteiger partial charge in [0.1, 0.15) is 25.4 Å². The van der Waals surface area contributed by atoms with Gasteiger partial charge < -0.3 is 19.3 Å². The zero-order valence-electron chi connectivity index (χ0n) is 11.4. The number of amides is 1. The van der Waals surface area contributed by atoms with Gasteiger partial charge in [0, 0.05) is 26.1 Å². The number of nitrogens with zero attached hydrogens (tertiary/aromatic N) is 4. The van der Waals surface area contributed by atoms with Crippen molar-refractivity contribution in [2.45, 2.75) is 18.8 Å². The zero-order valence-corrected chi connectivity index (χ0v) is 11.4. The second kappa shape index (κ2) is 6.47. The van der Waals surface area contributed by atoms with E-state index < -0.39 is 12.6 Å². The Bertz CT molecular complexity index is 488. The van der Waals surface area contributed by atoms with Crippen LogP contribution in [0, 0.1) is 0 Å². The van der Waals surface area contributed by atoms with E-state index >= 15 is 0 Å². The van der Waals surface area contributed by atoms with E-state index in [1.165, 1.54) is 0 Å². The molecule has 1 N–H and O–H groups in total. The van der Waals surface area contributed by atoms with E-state index in [9.17, 15) is 9.59 Å².